The van der Waals surface area contributed by atoms with Gasteiger partial charge in [-0.1, -0.05) is 12.8 Å². The molecule has 0 spiro atoms. The molecular weight excluding hydrogens is 214 g/mol. The number of aliphatic carboxylic acids is 2. The van der Waals surface area contributed by atoms with Gasteiger partial charge in [0.05, 0.1) is 0 Å². The van der Waals surface area contributed by atoms with Crippen LogP contribution in [-0.2, 0) is 14.4 Å². The highest BCUT2D eigenvalue weighted by molar-refractivity contribution is 5.81. The monoisotopic (exact) mass is 231 g/mol. The topological polar surface area (TPSA) is 104 Å². The van der Waals surface area contributed by atoms with Gasteiger partial charge < -0.3 is 15.5 Å². The number of unbranched alkanes of at least 4 members (excludes halogenated alkanes) is 2. The second-order valence-corrected chi connectivity index (χ2v) is 3.58. The number of rotatable bonds is 8. The van der Waals surface area contributed by atoms with Crippen LogP contribution in [0.4, 0.5) is 0 Å². The number of carbonyl (C=O) groups excluding carboxylic acids is 1. The Morgan fingerprint density at radius 1 is 1.12 bits per heavy atom. The summed E-state index contributed by atoms with van der Waals surface area (Å²) >= 11 is 0. The molecule has 16 heavy (non-hydrogen) atoms. The molecule has 0 bridgehead atoms. The lowest BCUT2D eigenvalue weighted by Gasteiger charge is -2.12. The maximum Gasteiger partial charge on any atom is 0.326 e. The highest BCUT2D eigenvalue weighted by atomic mass is 16.4. The van der Waals surface area contributed by atoms with Crippen molar-refractivity contribution in [2.45, 2.75) is 45.1 Å². The first-order valence-electron chi connectivity index (χ1n) is 5.15. The highest BCUT2D eigenvalue weighted by Crippen LogP contribution is 2.06. The molecule has 1 unspecified atom stereocenters. The predicted octanol–water partition coefficient (Wildman–Crippen LogP) is 0.611. The van der Waals surface area contributed by atoms with E-state index in [2.05, 4.69) is 5.32 Å². The Kier molecular flexibility index (Phi) is 6.91. The zero-order valence-corrected chi connectivity index (χ0v) is 9.23. The summed E-state index contributed by atoms with van der Waals surface area (Å²) < 4.78 is 0. The van der Waals surface area contributed by atoms with Crippen LogP contribution in [0.5, 0.6) is 0 Å². The third-order valence-corrected chi connectivity index (χ3v) is 2.06. The first kappa shape index (κ1) is 14.4. The van der Waals surface area contributed by atoms with Gasteiger partial charge in [0.2, 0.25) is 5.91 Å². The Morgan fingerprint density at radius 3 is 2.19 bits per heavy atom. The van der Waals surface area contributed by atoms with Gasteiger partial charge in [-0.3, -0.25) is 9.59 Å². The molecular formula is C10H17NO5. The van der Waals surface area contributed by atoms with E-state index in [1.54, 1.807) is 0 Å². The molecule has 1 atom stereocenters. The van der Waals surface area contributed by atoms with Crippen LogP contribution >= 0.6 is 0 Å². The van der Waals surface area contributed by atoms with Crippen LogP contribution < -0.4 is 5.32 Å². The van der Waals surface area contributed by atoms with E-state index in [0.29, 0.717) is 25.7 Å². The van der Waals surface area contributed by atoms with Gasteiger partial charge in [-0.15, -0.1) is 0 Å². The summed E-state index contributed by atoms with van der Waals surface area (Å²) in [5.41, 5.74) is 0. The molecule has 0 fully saturated rings. The Bertz CT molecular complexity index is 264. The van der Waals surface area contributed by atoms with Gasteiger partial charge in [0.1, 0.15) is 6.04 Å². The molecule has 0 saturated heterocycles. The smallest absolute Gasteiger partial charge is 0.326 e. The zero-order chi connectivity index (χ0) is 12.6. The Balaban J connectivity index is 3.72. The number of hydrogen-bond acceptors (Lipinski definition) is 3. The number of hydrogen-bond donors (Lipinski definition) is 3. The van der Waals surface area contributed by atoms with E-state index in [-0.39, 0.29) is 12.3 Å². The molecule has 0 aliphatic carbocycles. The minimum Gasteiger partial charge on any atom is -0.481 e. The van der Waals surface area contributed by atoms with E-state index in [4.69, 9.17) is 10.2 Å². The fourth-order valence-electron chi connectivity index (χ4n) is 1.30. The van der Waals surface area contributed by atoms with Crippen LogP contribution in [0.2, 0.25) is 0 Å². The predicted molar refractivity (Wildman–Crippen MR) is 56.0 cm³/mol. The molecule has 92 valence electrons. The molecule has 0 aliphatic rings. The van der Waals surface area contributed by atoms with Crippen molar-refractivity contribution >= 4 is 17.8 Å². The second-order valence-electron chi connectivity index (χ2n) is 3.58. The molecule has 0 aromatic heterocycles. The zero-order valence-electron chi connectivity index (χ0n) is 9.23. The number of amides is 1. The lowest BCUT2D eigenvalue weighted by Crippen LogP contribution is -2.39. The van der Waals surface area contributed by atoms with Crippen molar-refractivity contribution < 1.29 is 24.6 Å². The van der Waals surface area contributed by atoms with Crippen molar-refractivity contribution in [1.29, 1.82) is 0 Å². The molecule has 0 saturated carbocycles. The third kappa shape index (κ3) is 7.78. The van der Waals surface area contributed by atoms with Gasteiger partial charge in [-0.25, -0.2) is 4.79 Å². The lowest BCUT2D eigenvalue weighted by molar-refractivity contribution is -0.141. The van der Waals surface area contributed by atoms with Crippen LogP contribution in [-0.4, -0.2) is 34.1 Å². The summed E-state index contributed by atoms with van der Waals surface area (Å²) in [6, 6.07) is -0.873. The van der Waals surface area contributed by atoms with E-state index in [1.165, 1.54) is 6.92 Å². The van der Waals surface area contributed by atoms with E-state index < -0.39 is 18.0 Å². The number of carboxylic acids is 2. The van der Waals surface area contributed by atoms with Gasteiger partial charge in [-0.05, 0) is 12.8 Å². The van der Waals surface area contributed by atoms with Crippen LogP contribution in [0.3, 0.4) is 0 Å². The third-order valence-electron chi connectivity index (χ3n) is 2.06. The summed E-state index contributed by atoms with van der Waals surface area (Å²) in [5, 5.41) is 19.5. The molecule has 0 radical (unpaired) electrons. The molecule has 0 aromatic rings. The summed E-state index contributed by atoms with van der Waals surface area (Å²) in [4.78, 5) is 31.6. The van der Waals surface area contributed by atoms with E-state index in [0.717, 1.165) is 0 Å². The van der Waals surface area contributed by atoms with Gasteiger partial charge in [-0.2, -0.15) is 0 Å². The quantitative estimate of drug-likeness (QED) is 0.531. The van der Waals surface area contributed by atoms with Gasteiger partial charge in [0, 0.05) is 13.3 Å². The molecule has 0 aliphatic heterocycles. The normalized spacial score (nSPS) is 11.8. The van der Waals surface area contributed by atoms with Gasteiger partial charge in [0.25, 0.3) is 0 Å². The fourth-order valence-corrected chi connectivity index (χ4v) is 1.30. The van der Waals surface area contributed by atoms with E-state index in [9.17, 15) is 14.4 Å². The summed E-state index contributed by atoms with van der Waals surface area (Å²) in [6.07, 6.45) is 2.19. The Hall–Kier alpha value is -1.59. The van der Waals surface area contributed by atoms with Crippen molar-refractivity contribution in [1.82, 2.24) is 5.32 Å². The minimum absolute atomic E-state index is 0.0951. The van der Waals surface area contributed by atoms with Gasteiger partial charge >= 0.3 is 11.9 Å². The first-order chi connectivity index (χ1) is 7.43. The summed E-state index contributed by atoms with van der Waals surface area (Å²) in [6.45, 7) is 1.26. The standard InChI is InChI=1S/C10H17NO5/c1-7(12)11-8(10(15)16)5-3-2-4-6-9(13)14/h8H,2-6H2,1H3,(H,11,12)(H,13,14)(H,15,16). The average Bonchev–Trinajstić information content (AvgIpc) is 2.14. The minimum atomic E-state index is -1.06. The van der Waals surface area contributed by atoms with Crippen molar-refractivity contribution in [2.24, 2.45) is 0 Å². The number of carbonyl (C=O) groups is 3. The van der Waals surface area contributed by atoms with E-state index in [1.807, 2.05) is 0 Å². The second kappa shape index (κ2) is 7.67. The molecule has 3 N–H and O–H groups in total. The largest absolute Gasteiger partial charge is 0.481 e. The molecule has 1 amide bonds. The molecule has 0 rings (SSSR count). The van der Waals surface area contributed by atoms with E-state index >= 15 is 0 Å². The fraction of sp³-hybridized carbons (Fsp3) is 0.700. The van der Waals surface area contributed by atoms with Crippen molar-refractivity contribution in [3.63, 3.8) is 0 Å². The summed E-state index contributed by atoms with van der Waals surface area (Å²) in [7, 11) is 0. The van der Waals surface area contributed by atoms with Crippen LogP contribution in [0.15, 0.2) is 0 Å². The SMILES string of the molecule is CC(=O)NC(CCCCCC(=O)O)C(=O)O. The lowest BCUT2D eigenvalue weighted by atomic mass is 10.1. The highest BCUT2D eigenvalue weighted by Gasteiger charge is 2.17. The average molecular weight is 231 g/mol. The van der Waals surface area contributed by atoms with Crippen LogP contribution in [0, 0.1) is 0 Å². The van der Waals surface area contributed by atoms with Crippen molar-refractivity contribution in [2.75, 3.05) is 0 Å². The molecule has 6 heteroatoms. The van der Waals surface area contributed by atoms with Gasteiger partial charge in [0.15, 0.2) is 0 Å². The first-order valence-corrected chi connectivity index (χ1v) is 5.15. The number of nitrogens with one attached hydrogen (secondary N) is 1. The number of carboxylic acid groups (broad SMARTS) is 2. The van der Waals surface area contributed by atoms with Crippen LogP contribution in [0.1, 0.15) is 39.0 Å². The Morgan fingerprint density at radius 2 is 1.75 bits per heavy atom. The molecule has 0 heterocycles. The summed E-state index contributed by atoms with van der Waals surface area (Å²) in [5.74, 6) is -2.29. The van der Waals surface area contributed by atoms with Crippen LogP contribution in [0.25, 0.3) is 0 Å². The Labute approximate surface area is 93.6 Å². The molecule has 6 nitrogen and oxygen atoms in total. The van der Waals surface area contributed by atoms with Crippen molar-refractivity contribution in [3.8, 4) is 0 Å². The molecule has 0 aromatic carbocycles. The maximum absolute atomic E-state index is 10.7. The van der Waals surface area contributed by atoms with Crippen molar-refractivity contribution in [3.05, 3.63) is 0 Å². The maximum atomic E-state index is 10.7.